The summed E-state index contributed by atoms with van der Waals surface area (Å²) in [5.74, 6) is 0.700. The van der Waals surface area contributed by atoms with E-state index >= 15 is 0 Å². The second-order valence-electron chi connectivity index (χ2n) is 5.57. The van der Waals surface area contributed by atoms with E-state index in [-0.39, 0.29) is 0 Å². The number of nitriles is 1. The molecule has 0 aliphatic carbocycles. The first-order chi connectivity index (χ1) is 12.8. The Balaban J connectivity index is 1.73. The quantitative estimate of drug-likeness (QED) is 0.278. The third-order valence-corrected chi connectivity index (χ3v) is 6.45. The molecule has 0 fully saturated rings. The monoisotopic (exact) mass is 437 g/mol. The topological polar surface area (TPSA) is 49.6 Å². The van der Waals surface area contributed by atoms with Gasteiger partial charge in [0.15, 0.2) is 0 Å². The average molecular weight is 438 g/mol. The van der Waals surface area contributed by atoms with Gasteiger partial charge in [-0.15, -0.1) is 23.1 Å². The molecular weight excluding hydrogens is 426 g/mol. The van der Waals surface area contributed by atoms with E-state index in [2.05, 4.69) is 49.5 Å². The van der Waals surface area contributed by atoms with Gasteiger partial charge in [0.05, 0.1) is 17.0 Å². The van der Waals surface area contributed by atoms with Crippen molar-refractivity contribution in [1.29, 1.82) is 5.26 Å². The molecule has 0 saturated heterocycles. The van der Waals surface area contributed by atoms with Gasteiger partial charge in [-0.2, -0.15) is 5.26 Å². The average Bonchev–Trinajstić information content (AvgIpc) is 3.12. The van der Waals surface area contributed by atoms with Crippen LogP contribution in [0.15, 0.2) is 69.7 Å². The van der Waals surface area contributed by atoms with Crippen LogP contribution in [0.2, 0.25) is 0 Å². The first-order valence-corrected chi connectivity index (χ1v) is 10.5. The number of thiophene rings is 1. The van der Waals surface area contributed by atoms with Crippen molar-refractivity contribution in [2.45, 2.75) is 10.8 Å². The van der Waals surface area contributed by atoms with Gasteiger partial charge in [-0.25, -0.2) is 9.97 Å². The number of benzene rings is 2. The highest BCUT2D eigenvalue weighted by atomic mass is 79.9. The number of halogens is 1. The van der Waals surface area contributed by atoms with Crippen molar-refractivity contribution in [1.82, 2.24) is 9.97 Å². The molecule has 0 atom stereocenters. The van der Waals surface area contributed by atoms with Crippen LogP contribution < -0.4 is 0 Å². The van der Waals surface area contributed by atoms with Gasteiger partial charge in [-0.3, -0.25) is 0 Å². The lowest BCUT2D eigenvalue weighted by Gasteiger charge is -2.06. The lowest BCUT2D eigenvalue weighted by atomic mass is 10.1. The summed E-state index contributed by atoms with van der Waals surface area (Å²) in [6.07, 6.45) is 1.61. The van der Waals surface area contributed by atoms with Crippen LogP contribution in [0.4, 0.5) is 0 Å². The molecule has 0 saturated carbocycles. The van der Waals surface area contributed by atoms with Crippen molar-refractivity contribution in [3.8, 4) is 17.2 Å². The molecule has 2 aromatic heterocycles. The zero-order valence-electron chi connectivity index (χ0n) is 13.5. The lowest BCUT2D eigenvalue weighted by Crippen LogP contribution is -1.90. The fourth-order valence-corrected chi connectivity index (χ4v) is 4.96. The number of nitrogens with zero attached hydrogens (tertiary/aromatic N) is 3. The van der Waals surface area contributed by atoms with Crippen LogP contribution in [0.5, 0.6) is 0 Å². The highest BCUT2D eigenvalue weighted by Gasteiger charge is 2.14. The van der Waals surface area contributed by atoms with E-state index in [4.69, 9.17) is 0 Å². The Hall–Kier alpha value is -2.20. The number of rotatable bonds is 4. The molecule has 0 spiro atoms. The molecule has 0 unspecified atom stereocenters. The predicted molar refractivity (Wildman–Crippen MR) is 111 cm³/mol. The fraction of sp³-hybridized carbons (Fsp3) is 0.0500. The van der Waals surface area contributed by atoms with Crippen LogP contribution in [-0.4, -0.2) is 9.97 Å². The molecule has 6 heteroatoms. The molecule has 0 amide bonds. The van der Waals surface area contributed by atoms with E-state index in [1.54, 1.807) is 29.4 Å². The van der Waals surface area contributed by atoms with E-state index in [9.17, 15) is 5.26 Å². The summed E-state index contributed by atoms with van der Waals surface area (Å²) < 4.78 is 1.06. The third kappa shape index (κ3) is 3.38. The summed E-state index contributed by atoms with van der Waals surface area (Å²) in [6, 6.07) is 18.2. The second-order valence-corrected chi connectivity index (χ2v) is 8.31. The number of aromatic nitrogens is 2. The molecule has 4 rings (SSSR count). The standard InChI is InChI=1S/C20H12BrN3S2/c21-16-7-5-13(6-8-16)17-11-26-20-18(17)19(23-12-24-20)25-10-15-4-2-1-3-14(15)9-22/h1-8,11-12H,10H2. The van der Waals surface area contributed by atoms with E-state index in [1.165, 1.54) is 0 Å². The van der Waals surface area contributed by atoms with Gasteiger partial charge in [0, 0.05) is 21.2 Å². The summed E-state index contributed by atoms with van der Waals surface area (Å²) in [4.78, 5) is 9.93. The minimum absolute atomic E-state index is 0.700. The van der Waals surface area contributed by atoms with Crippen LogP contribution in [0.1, 0.15) is 11.1 Å². The van der Waals surface area contributed by atoms with Crippen molar-refractivity contribution in [3.63, 3.8) is 0 Å². The molecule has 2 aromatic carbocycles. The zero-order chi connectivity index (χ0) is 17.9. The first-order valence-electron chi connectivity index (χ1n) is 7.85. The Bertz CT molecular complexity index is 1110. The van der Waals surface area contributed by atoms with E-state index in [0.717, 1.165) is 36.4 Å². The maximum atomic E-state index is 9.28. The molecular formula is C20H12BrN3S2. The maximum absolute atomic E-state index is 9.28. The highest BCUT2D eigenvalue weighted by molar-refractivity contribution is 9.10. The van der Waals surface area contributed by atoms with Crippen LogP contribution in [0.25, 0.3) is 21.3 Å². The Labute approximate surface area is 167 Å². The minimum atomic E-state index is 0.700. The molecule has 2 heterocycles. The molecule has 126 valence electrons. The summed E-state index contributed by atoms with van der Waals surface area (Å²) in [6.45, 7) is 0. The van der Waals surface area contributed by atoms with E-state index in [0.29, 0.717) is 11.3 Å². The van der Waals surface area contributed by atoms with Gasteiger partial charge in [0.1, 0.15) is 16.2 Å². The van der Waals surface area contributed by atoms with Crippen LogP contribution >= 0.6 is 39.0 Å². The van der Waals surface area contributed by atoms with Crippen LogP contribution in [0.3, 0.4) is 0 Å². The largest absolute Gasteiger partial charge is 0.229 e. The van der Waals surface area contributed by atoms with Crippen LogP contribution in [0, 0.1) is 11.3 Å². The van der Waals surface area contributed by atoms with E-state index < -0.39 is 0 Å². The highest BCUT2D eigenvalue weighted by Crippen LogP contribution is 2.39. The molecule has 26 heavy (non-hydrogen) atoms. The summed E-state index contributed by atoms with van der Waals surface area (Å²) >= 11 is 6.76. The zero-order valence-corrected chi connectivity index (χ0v) is 16.7. The number of thioether (sulfide) groups is 1. The maximum Gasteiger partial charge on any atom is 0.128 e. The molecule has 0 bridgehead atoms. The van der Waals surface area contributed by atoms with Gasteiger partial charge in [0.2, 0.25) is 0 Å². The number of hydrogen-bond acceptors (Lipinski definition) is 5. The normalized spacial score (nSPS) is 10.8. The Morgan fingerprint density at radius 3 is 2.69 bits per heavy atom. The molecule has 0 aliphatic rings. The molecule has 3 nitrogen and oxygen atoms in total. The summed E-state index contributed by atoms with van der Waals surface area (Å²) in [7, 11) is 0. The lowest BCUT2D eigenvalue weighted by molar-refractivity contribution is 1.11. The molecule has 0 N–H and O–H groups in total. The van der Waals surface area contributed by atoms with Crippen molar-refractivity contribution >= 4 is 49.2 Å². The molecule has 4 aromatic rings. The van der Waals surface area contributed by atoms with Crippen molar-refractivity contribution in [2.24, 2.45) is 0 Å². The predicted octanol–water partition coefficient (Wildman–Crippen LogP) is 6.28. The smallest absolute Gasteiger partial charge is 0.128 e. The van der Waals surface area contributed by atoms with E-state index in [1.807, 2.05) is 36.4 Å². The summed E-state index contributed by atoms with van der Waals surface area (Å²) in [5, 5.41) is 13.4. The number of hydrogen-bond donors (Lipinski definition) is 0. The van der Waals surface area contributed by atoms with Gasteiger partial charge in [0.25, 0.3) is 0 Å². The molecule has 0 aliphatic heterocycles. The first kappa shape index (κ1) is 17.2. The van der Waals surface area contributed by atoms with Gasteiger partial charge < -0.3 is 0 Å². The van der Waals surface area contributed by atoms with Gasteiger partial charge in [-0.1, -0.05) is 46.3 Å². The number of fused-ring (bicyclic) bond motifs is 1. The molecule has 0 radical (unpaired) electrons. The van der Waals surface area contributed by atoms with Crippen molar-refractivity contribution < 1.29 is 0 Å². The van der Waals surface area contributed by atoms with Crippen molar-refractivity contribution in [2.75, 3.05) is 0 Å². The SMILES string of the molecule is N#Cc1ccccc1CSc1ncnc2scc(-c3ccc(Br)cc3)c12. The summed E-state index contributed by atoms with van der Waals surface area (Å²) in [5.41, 5.74) is 4.03. The third-order valence-electron chi connectivity index (χ3n) is 3.99. The van der Waals surface area contributed by atoms with Crippen molar-refractivity contribution in [3.05, 3.63) is 75.8 Å². The second kappa shape index (κ2) is 7.58. The fourth-order valence-electron chi connectivity index (χ4n) is 2.70. The Morgan fingerprint density at radius 1 is 1.08 bits per heavy atom. The Kier molecular flexibility index (Phi) is 5.02. The van der Waals surface area contributed by atoms with Crippen LogP contribution in [-0.2, 0) is 5.75 Å². The Morgan fingerprint density at radius 2 is 1.88 bits per heavy atom. The van der Waals surface area contributed by atoms with Gasteiger partial charge in [-0.05, 0) is 29.3 Å². The minimum Gasteiger partial charge on any atom is -0.229 e. The van der Waals surface area contributed by atoms with Gasteiger partial charge >= 0.3 is 0 Å².